The first-order chi connectivity index (χ1) is 13.3. The molecule has 0 heterocycles. The molecule has 10 heteroatoms. The van der Waals surface area contributed by atoms with E-state index in [0.29, 0.717) is 17.3 Å². The van der Waals surface area contributed by atoms with Gasteiger partial charge in [-0.3, -0.25) is 0 Å². The summed E-state index contributed by atoms with van der Waals surface area (Å²) in [6.07, 6.45) is -4.42. The van der Waals surface area contributed by atoms with E-state index >= 15 is 0 Å². The molecule has 0 aliphatic carbocycles. The van der Waals surface area contributed by atoms with Gasteiger partial charge in [-0.1, -0.05) is 12.1 Å². The Balaban J connectivity index is 2.32. The van der Waals surface area contributed by atoms with Gasteiger partial charge in [0.25, 0.3) is 0 Å². The summed E-state index contributed by atoms with van der Waals surface area (Å²) in [7, 11) is -4.00. The summed E-state index contributed by atoms with van der Waals surface area (Å²) >= 11 is 0.451. The fourth-order valence-electron chi connectivity index (χ4n) is 2.72. The number of hydrogen-bond acceptors (Lipinski definition) is 4. The van der Waals surface area contributed by atoms with E-state index in [9.17, 15) is 35.9 Å². The topological polar surface area (TPSA) is 71.4 Å². The second kappa shape index (κ2) is 8.74. The number of sulfone groups is 1. The maximum atomic E-state index is 14.3. The summed E-state index contributed by atoms with van der Waals surface area (Å²) in [4.78, 5) is 11.5. The summed E-state index contributed by atoms with van der Waals surface area (Å²) in [5, 5.41) is 9.26. The van der Waals surface area contributed by atoms with Crippen LogP contribution in [0.4, 0.5) is 17.6 Å². The van der Waals surface area contributed by atoms with Crippen LogP contribution in [0.5, 0.6) is 0 Å². The third kappa shape index (κ3) is 6.46. The smallest absolute Gasteiger partial charge is 0.398 e. The molecule has 29 heavy (non-hydrogen) atoms. The maximum Gasteiger partial charge on any atom is 0.398 e. The molecule has 0 radical (unpaired) electrons. The third-order valence-electron chi connectivity index (χ3n) is 4.12. The molecule has 0 amide bonds. The Morgan fingerprint density at radius 3 is 2.34 bits per heavy atom. The number of carboxylic acids is 1. The fraction of sp³-hybridized carbons (Fsp3) is 0.316. The van der Waals surface area contributed by atoms with E-state index in [1.807, 2.05) is 0 Å². The van der Waals surface area contributed by atoms with Crippen LogP contribution in [0.15, 0.2) is 35.2 Å². The molecule has 1 N–H and O–H groups in total. The molecular weight excluding hydrogens is 432 g/mol. The first-order valence-corrected chi connectivity index (χ1v) is 11.1. The molecule has 0 fully saturated rings. The molecule has 0 aliphatic heterocycles. The highest BCUT2D eigenvalue weighted by molar-refractivity contribution is 7.99. The van der Waals surface area contributed by atoms with Gasteiger partial charge in [-0.15, -0.1) is 11.8 Å². The number of carbonyl (C=O) groups is 1. The molecule has 2 aromatic carbocycles. The van der Waals surface area contributed by atoms with Crippen LogP contribution in [-0.4, -0.2) is 31.4 Å². The minimum atomic E-state index is -4.42. The van der Waals surface area contributed by atoms with Crippen molar-refractivity contribution in [3.8, 4) is 0 Å². The lowest BCUT2D eigenvalue weighted by molar-refractivity contribution is -0.105. The van der Waals surface area contributed by atoms with Crippen LogP contribution < -0.4 is 0 Å². The van der Waals surface area contributed by atoms with E-state index in [4.69, 9.17) is 0 Å². The number of halogens is 4. The minimum Gasteiger partial charge on any atom is -0.478 e. The molecule has 0 atom stereocenters. The lowest BCUT2D eigenvalue weighted by Crippen LogP contribution is -2.14. The van der Waals surface area contributed by atoms with Crippen LogP contribution >= 0.6 is 11.8 Å². The van der Waals surface area contributed by atoms with Crippen molar-refractivity contribution < 1.29 is 35.9 Å². The number of carboxylic acid groups (broad SMARTS) is 1. The molecule has 0 unspecified atom stereocenters. The monoisotopic (exact) mass is 450 g/mol. The SMILES string of the molecule is Cc1cc(F)c(CS(=O)(=O)Cc2c(C)cccc2C(=O)O)cc1SCC(F)(F)F. The van der Waals surface area contributed by atoms with Crippen LogP contribution in [0, 0.1) is 19.7 Å². The van der Waals surface area contributed by atoms with Gasteiger partial charge in [0, 0.05) is 10.5 Å². The zero-order valence-corrected chi connectivity index (χ0v) is 17.1. The Hall–Kier alpha value is -2.07. The molecule has 0 bridgehead atoms. The van der Waals surface area contributed by atoms with Crippen LogP contribution in [0.1, 0.15) is 32.6 Å². The van der Waals surface area contributed by atoms with Gasteiger partial charge in [0.15, 0.2) is 9.84 Å². The zero-order valence-electron chi connectivity index (χ0n) is 15.5. The summed E-state index contributed by atoms with van der Waals surface area (Å²) in [6.45, 7) is 3.00. The van der Waals surface area contributed by atoms with Gasteiger partial charge in [0.05, 0.1) is 22.8 Å². The molecule has 2 aromatic rings. The number of hydrogen-bond donors (Lipinski definition) is 1. The molecule has 0 saturated heterocycles. The fourth-order valence-corrected chi connectivity index (χ4v) is 5.17. The average molecular weight is 450 g/mol. The first-order valence-electron chi connectivity index (χ1n) is 8.30. The lowest BCUT2D eigenvalue weighted by atomic mass is 10.0. The van der Waals surface area contributed by atoms with Crippen molar-refractivity contribution in [3.63, 3.8) is 0 Å². The quantitative estimate of drug-likeness (QED) is 0.479. The van der Waals surface area contributed by atoms with E-state index in [0.717, 1.165) is 12.1 Å². The molecule has 158 valence electrons. The number of aryl methyl sites for hydroxylation is 2. The van der Waals surface area contributed by atoms with Crippen LogP contribution in [-0.2, 0) is 21.3 Å². The minimum absolute atomic E-state index is 0.0965. The maximum absolute atomic E-state index is 14.3. The van der Waals surface area contributed by atoms with E-state index in [-0.39, 0.29) is 27.1 Å². The van der Waals surface area contributed by atoms with Crippen LogP contribution in [0.3, 0.4) is 0 Å². The zero-order chi connectivity index (χ0) is 22.0. The van der Waals surface area contributed by atoms with Gasteiger partial charge in [-0.05, 0) is 48.7 Å². The first kappa shape index (κ1) is 23.2. The van der Waals surface area contributed by atoms with E-state index in [1.165, 1.54) is 19.1 Å². The van der Waals surface area contributed by atoms with Gasteiger partial charge < -0.3 is 5.11 Å². The molecule has 0 spiro atoms. The Kier molecular flexibility index (Phi) is 7.00. The number of benzene rings is 2. The molecule has 2 rings (SSSR count). The summed E-state index contributed by atoms with van der Waals surface area (Å²) in [5.41, 5.74) is 0.397. The van der Waals surface area contributed by atoms with Crippen molar-refractivity contribution in [3.05, 3.63) is 64.0 Å². The van der Waals surface area contributed by atoms with Gasteiger partial charge in [-0.25, -0.2) is 17.6 Å². The molecule has 0 aliphatic rings. The number of thioether (sulfide) groups is 1. The molecule has 0 saturated carbocycles. The second-order valence-electron chi connectivity index (χ2n) is 6.55. The Bertz CT molecular complexity index is 1030. The van der Waals surface area contributed by atoms with Gasteiger partial charge in [-0.2, -0.15) is 13.2 Å². The highest BCUT2D eigenvalue weighted by Gasteiger charge is 2.28. The summed E-state index contributed by atoms with van der Waals surface area (Å²) in [5.74, 6) is -4.69. The van der Waals surface area contributed by atoms with Crippen molar-refractivity contribution in [2.45, 2.75) is 36.4 Å². The van der Waals surface area contributed by atoms with Crippen molar-refractivity contribution in [1.82, 2.24) is 0 Å². The van der Waals surface area contributed by atoms with E-state index < -0.39 is 45.1 Å². The van der Waals surface area contributed by atoms with E-state index in [1.54, 1.807) is 13.0 Å². The van der Waals surface area contributed by atoms with Crippen molar-refractivity contribution in [1.29, 1.82) is 0 Å². The average Bonchev–Trinajstić information content (AvgIpc) is 2.56. The van der Waals surface area contributed by atoms with Crippen molar-refractivity contribution in [2.24, 2.45) is 0 Å². The lowest BCUT2D eigenvalue weighted by Gasteiger charge is -2.13. The molecule has 0 aromatic heterocycles. The highest BCUT2D eigenvalue weighted by atomic mass is 32.2. The standard InChI is InChI=1S/C19H18F4O4S2/c1-11-4-3-5-14(18(24)25)15(11)9-29(26,27)8-13-7-17(12(2)6-16(13)20)28-10-19(21,22)23/h3-7H,8-10H2,1-2H3,(H,24,25). The summed E-state index contributed by atoms with van der Waals surface area (Å²) < 4.78 is 76.9. The van der Waals surface area contributed by atoms with Gasteiger partial charge in [0.1, 0.15) is 5.82 Å². The normalized spacial score (nSPS) is 12.2. The Morgan fingerprint density at radius 2 is 1.76 bits per heavy atom. The Morgan fingerprint density at radius 1 is 1.10 bits per heavy atom. The van der Waals surface area contributed by atoms with Gasteiger partial charge >= 0.3 is 12.1 Å². The molecular formula is C19H18F4O4S2. The van der Waals surface area contributed by atoms with Crippen LogP contribution in [0.25, 0.3) is 0 Å². The highest BCUT2D eigenvalue weighted by Crippen LogP contribution is 2.32. The molecule has 4 nitrogen and oxygen atoms in total. The van der Waals surface area contributed by atoms with Gasteiger partial charge in [0.2, 0.25) is 0 Å². The summed E-state index contributed by atoms with van der Waals surface area (Å²) in [6, 6.07) is 6.43. The van der Waals surface area contributed by atoms with Crippen molar-refractivity contribution in [2.75, 3.05) is 5.75 Å². The predicted molar refractivity (Wildman–Crippen MR) is 102 cm³/mol. The predicted octanol–water partition coefficient (Wildman–Crippen LogP) is 4.91. The third-order valence-corrected chi connectivity index (χ3v) is 6.82. The van der Waals surface area contributed by atoms with Crippen LogP contribution in [0.2, 0.25) is 0 Å². The largest absolute Gasteiger partial charge is 0.478 e. The number of alkyl halides is 3. The number of rotatable bonds is 7. The second-order valence-corrected chi connectivity index (χ2v) is 9.63. The Labute approximate surface area is 169 Å². The van der Waals surface area contributed by atoms with Crippen molar-refractivity contribution >= 4 is 27.6 Å². The number of aromatic carboxylic acids is 1. The van der Waals surface area contributed by atoms with E-state index in [2.05, 4.69) is 0 Å².